The largest absolute Gasteiger partial charge is 0.399 e. The Kier molecular flexibility index (Phi) is 18.1. The lowest BCUT2D eigenvalue weighted by Crippen LogP contribution is -2.60. The van der Waals surface area contributed by atoms with Crippen molar-refractivity contribution in [2.45, 2.75) is 142 Å². The molecule has 0 bridgehead atoms. The highest BCUT2D eigenvalue weighted by molar-refractivity contribution is 6.04. The lowest BCUT2D eigenvalue weighted by molar-refractivity contribution is -0.147. The first-order valence-corrected chi connectivity index (χ1v) is 20.7. The smallest absolute Gasteiger partial charge is 0.324 e. The lowest BCUT2D eigenvalue weighted by Gasteiger charge is -2.37. The number of amides is 7. The van der Waals surface area contributed by atoms with Gasteiger partial charge in [0.05, 0.1) is 0 Å². The van der Waals surface area contributed by atoms with Crippen molar-refractivity contribution in [3.05, 3.63) is 29.8 Å². The molecule has 10 N–H and O–H groups in total. The molecule has 4 atom stereocenters. The zero-order chi connectivity index (χ0) is 42.4. The van der Waals surface area contributed by atoms with Gasteiger partial charge in [-0.15, -0.1) is 0 Å². The summed E-state index contributed by atoms with van der Waals surface area (Å²) in [4.78, 5) is 92.5. The molecule has 3 rings (SSSR count). The highest BCUT2D eigenvalue weighted by Gasteiger charge is 2.42. The van der Waals surface area contributed by atoms with Gasteiger partial charge in [0.1, 0.15) is 24.0 Å². The molecular formula is C41H68N10O6. The maximum atomic E-state index is 14.9. The maximum absolute atomic E-state index is 14.9. The van der Waals surface area contributed by atoms with Crippen molar-refractivity contribution in [1.82, 2.24) is 25.3 Å². The van der Waals surface area contributed by atoms with Gasteiger partial charge in [0.2, 0.25) is 23.6 Å². The third-order valence-electron chi connectivity index (χ3n) is 10.8. The van der Waals surface area contributed by atoms with E-state index in [1.54, 1.807) is 29.2 Å². The van der Waals surface area contributed by atoms with Crippen LogP contribution in [0.4, 0.5) is 10.5 Å². The number of benzene rings is 1. The first kappa shape index (κ1) is 46.5. The number of unbranched alkanes of at least 4 members (excludes halogenated alkanes) is 1. The summed E-state index contributed by atoms with van der Waals surface area (Å²) in [7, 11) is 0. The molecule has 16 heteroatoms. The predicted octanol–water partition coefficient (Wildman–Crippen LogP) is 2.62. The molecule has 57 heavy (non-hydrogen) atoms. The average molecular weight is 797 g/mol. The van der Waals surface area contributed by atoms with Crippen molar-refractivity contribution in [2.75, 3.05) is 25.4 Å². The Morgan fingerprint density at radius 2 is 1.46 bits per heavy atom. The van der Waals surface area contributed by atoms with Crippen LogP contribution in [0.3, 0.4) is 0 Å². The monoisotopic (exact) mass is 797 g/mol. The number of carbonyl (C=O) groups excluding carboxylic acids is 6. The van der Waals surface area contributed by atoms with Gasteiger partial charge in [0.15, 0.2) is 5.96 Å². The Morgan fingerprint density at radius 3 is 2.02 bits per heavy atom. The standard InChI is InChI=1S/C41H68N10O6/c1-25(2)23-32(38(55)49-22-12-15-33(49)35(43)52)47-41(57)50(21-11-10-20-46-40(44)45)39(56)34(29-13-8-7-9-14-29)48-36(53)31(24-28-16-18-30(42)19-17-28)37(54)51(26(3)4)27(5)6/h16-19,25-27,29,31-34H,7-15,20-24,42H2,1-6H3,(H2,43,52)(H,47,57)(H,48,53)(H4,44,45,46)/t31?,32-,33-,34-/m0/s1. The van der Waals surface area contributed by atoms with Crippen molar-refractivity contribution in [3.8, 4) is 0 Å². The van der Waals surface area contributed by atoms with Gasteiger partial charge in [0, 0.05) is 37.4 Å². The van der Waals surface area contributed by atoms with Crippen LogP contribution in [0.5, 0.6) is 0 Å². The molecule has 1 unspecified atom stereocenters. The molecule has 1 saturated carbocycles. The van der Waals surface area contributed by atoms with E-state index < -0.39 is 53.7 Å². The minimum atomic E-state index is -1.18. The van der Waals surface area contributed by atoms with Gasteiger partial charge in [-0.3, -0.25) is 33.9 Å². The van der Waals surface area contributed by atoms with Crippen LogP contribution in [0.2, 0.25) is 0 Å². The molecule has 1 aromatic rings. The van der Waals surface area contributed by atoms with Crippen molar-refractivity contribution < 1.29 is 28.8 Å². The van der Waals surface area contributed by atoms with Crippen molar-refractivity contribution in [3.63, 3.8) is 0 Å². The minimum absolute atomic E-state index is 0.0290. The van der Waals surface area contributed by atoms with Gasteiger partial charge >= 0.3 is 6.03 Å². The molecule has 7 amide bonds. The number of carbonyl (C=O) groups is 6. The number of nitrogens with two attached hydrogens (primary N) is 4. The lowest BCUT2D eigenvalue weighted by atomic mass is 9.82. The molecule has 1 aliphatic carbocycles. The quantitative estimate of drug-likeness (QED) is 0.0395. The molecule has 1 saturated heterocycles. The summed E-state index contributed by atoms with van der Waals surface area (Å²) < 4.78 is 0. The van der Waals surface area contributed by atoms with E-state index in [-0.39, 0.29) is 61.7 Å². The number of likely N-dealkylation sites (tertiary alicyclic amines) is 1. The first-order chi connectivity index (χ1) is 26.9. The number of aliphatic imine (C=N–C) groups is 1. The van der Waals surface area contributed by atoms with Crippen LogP contribution in [-0.4, -0.2) is 106 Å². The molecule has 1 aromatic carbocycles. The van der Waals surface area contributed by atoms with Crippen molar-refractivity contribution >= 4 is 47.2 Å². The van der Waals surface area contributed by atoms with Crippen LogP contribution >= 0.6 is 0 Å². The summed E-state index contributed by atoms with van der Waals surface area (Å²) >= 11 is 0. The van der Waals surface area contributed by atoms with Crippen LogP contribution in [0.15, 0.2) is 29.3 Å². The summed E-state index contributed by atoms with van der Waals surface area (Å²) in [6, 6.07) is 2.82. The highest BCUT2D eigenvalue weighted by atomic mass is 16.2. The number of anilines is 1. The van der Waals surface area contributed by atoms with Crippen LogP contribution in [-0.2, 0) is 30.4 Å². The van der Waals surface area contributed by atoms with Gasteiger partial charge in [-0.2, -0.15) is 0 Å². The molecule has 318 valence electrons. The Morgan fingerprint density at radius 1 is 0.825 bits per heavy atom. The summed E-state index contributed by atoms with van der Waals surface area (Å²) in [5.41, 5.74) is 23.9. The average Bonchev–Trinajstić information content (AvgIpc) is 3.64. The van der Waals surface area contributed by atoms with E-state index in [0.717, 1.165) is 29.7 Å². The molecule has 2 aliphatic rings. The van der Waals surface area contributed by atoms with Crippen LogP contribution in [0.25, 0.3) is 0 Å². The first-order valence-electron chi connectivity index (χ1n) is 20.7. The summed E-state index contributed by atoms with van der Waals surface area (Å²) in [6.07, 6.45) is 6.02. The molecule has 1 heterocycles. The number of urea groups is 1. The third-order valence-corrected chi connectivity index (χ3v) is 10.8. The Balaban J connectivity index is 2.03. The van der Waals surface area contributed by atoms with Gasteiger partial charge in [-0.05, 0) is 109 Å². The second-order valence-corrected chi connectivity index (χ2v) is 16.5. The molecule has 0 aromatic heterocycles. The van der Waals surface area contributed by atoms with E-state index in [9.17, 15) is 28.8 Å². The maximum Gasteiger partial charge on any atom is 0.324 e. The van der Waals surface area contributed by atoms with E-state index in [2.05, 4.69) is 15.6 Å². The van der Waals surface area contributed by atoms with E-state index >= 15 is 0 Å². The SMILES string of the molecule is CC(C)C[C@H](NC(=O)N(CCCCN=C(N)N)C(=O)[C@@H](NC(=O)C(Cc1ccc(N)cc1)C(=O)N(C(C)C)C(C)C)C1CCCCC1)C(=O)N1CCC[C@H]1C(N)=O. The second-order valence-electron chi connectivity index (χ2n) is 16.5. The summed E-state index contributed by atoms with van der Waals surface area (Å²) in [6.45, 7) is 11.9. The number of imide groups is 1. The number of hydrogen-bond acceptors (Lipinski definition) is 8. The van der Waals surface area contributed by atoms with Gasteiger partial charge < -0.3 is 43.4 Å². The number of nitrogens with zero attached hydrogens (tertiary/aromatic N) is 4. The van der Waals surface area contributed by atoms with Gasteiger partial charge in [0.25, 0.3) is 5.91 Å². The molecule has 2 fully saturated rings. The van der Waals surface area contributed by atoms with E-state index in [1.807, 2.05) is 41.5 Å². The highest BCUT2D eigenvalue weighted by Crippen LogP contribution is 2.29. The minimum Gasteiger partial charge on any atom is -0.399 e. The van der Waals surface area contributed by atoms with E-state index in [4.69, 9.17) is 22.9 Å². The second kappa shape index (κ2) is 22.2. The number of primary amides is 1. The molecular weight excluding hydrogens is 729 g/mol. The van der Waals surface area contributed by atoms with Crippen LogP contribution in [0.1, 0.15) is 111 Å². The predicted molar refractivity (Wildman–Crippen MR) is 221 cm³/mol. The molecule has 1 aliphatic heterocycles. The number of hydrogen-bond donors (Lipinski definition) is 6. The van der Waals surface area contributed by atoms with Crippen molar-refractivity contribution in [2.24, 2.45) is 39.9 Å². The van der Waals surface area contributed by atoms with Crippen LogP contribution in [0, 0.1) is 17.8 Å². The topological polar surface area (TPSA) is 253 Å². The Hall–Kier alpha value is -4.89. The van der Waals surface area contributed by atoms with Gasteiger partial charge in [-0.25, -0.2) is 4.79 Å². The third kappa shape index (κ3) is 13.6. The Bertz CT molecular complexity index is 1550. The van der Waals surface area contributed by atoms with E-state index in [1.165, 1.54) is 4.90 Å². The number of nitrogens with one attached hydrogen (secondary N) is 2. The van der Waals surface area contributed by atoms with E-state index in [0.29, 0.717) is 50.8 Å². The zero-order valence-corrected chi connectivity index (χ0v) is 34.9. The zero-order valence-electron chi connectivity index (χ0n) is 34.9. The Labute approximate surface area is 338 Å². The number of nitrogen functional groups attached to an aromatic ring is 1. The summed E-state index contributed by atoms with van der Waals surface area (Å²) in [5, 5.41) is 5.82. The fourth-order valence-electron chi connectivity index (χ4n) is 8.09. The van der Waals surface area contributed by atoms with Crippen LogP contribution < -0.4 is 33.6 Å². The molecule has 16 nitrogen and oxygen atoms in total. The fourth-order valence-corrected chi connectivity index (χ4v) is 8.09. The number of guanidine groups is 1. The van der Waals surface area contributed by atoms with Crippen molar-refractivity contribution in [1.29, 1.82) is 0 Å². The fraction of sp³-hybridized carbons (Fsp3) is 0.683. The number of rotatable bonds is 19. The van der Waals surface area contributed by atoms with Gasteiger partial charge in [-0.1, -0.05) is 45.2 Å². The molecule has 0 spiro atoms. The molecule has 0 radical (unpaired) electrons. The summed E-state index contributed by atoms with van der Waals surface area (Å²) in [5.74, 6) is -4.27. The normalized spacial score (nSPS) is 17.5.